The number of hydrogen-bond acceptors (Lipinski definition) is 2. The first-order valence-electron chi connectivity index (χ1n) is 9.03. The van der Waals surface area contributed by atoms with E-state index in [9.17, 15) is 5.11 Å². The van der Waals surface area contributed by atoms with Crippen molar-refractivity contribution < 1.29 is 5.11 Å². The summed E-state index contributed by atoms with van der Waals surface area (Å²) in [6, 6.07) is 7.20. The van der Waals surface area contributed by atoms with E-state index in [1.807, 2.05) is 0 Å². The molecule has 0 saturated heterocycles. The molecule has 0 aliphatic heterocycles. The highest BCUT2D eigenvalue weighted by atomic mass is 16.3. The van der Waals surface area contributed by atoms with Gasteiger partial charge < -0.3 is 15.0 Å². The molecule has 2 N–H and O–H groups in total. The van der Waals surface area contributed by atoms with E-state index in [0.29, 0.717) is 19.1 Å². The largest absolute Gasteiger partial charge is 0.390 e. The van der Waals surface area contributed by atoms with Crippen LogP contribution >= 0.6 is 0 Å². The van der Waals surface area contributed by atoms with E-state index in [1.165, 1.54) is 59.8 Å². The van der Waals surface area contributed by atoms with Crippen molar-refractivity contribution in [3.8, 4) is 0 Å². The van der Waals surface area contributed by atoms with Crippen LogP contribution in [0.2, 0.25) is 0 Å². The van der Waals surface area contributed by atoms with E-state index in [0.717, 1.165) is 0 Å². The maximum absolute atomic E-state index is 10.5. The minimum atomic E-state index is -0.341. The molecule has 0 bridgehead atoms. The summed E-state index contributed by atoms with van der Waals surface area (Å²) in [5.41, 5.74) is 5.12. The van der Waals surface area contributed by atoms with Crippen molar-refractivity contribution in [2.75, 3.05) is 6.54 Å². The Morgan fingerprint density at radius 1 is 1.17 bits per heavy atom. The Morgan fingerprint density at radius 3 is 2.65 bits per heavy atom. The molecule has 1 aromatic heterocycles. The number of aromatic nitrogens is 1. The molecule has 23 heavy (non-hydrogen) atoms. The van der Waals surface area contributed by atoms with Gasteiger partial charge in [-0.25, -0.2) is 0 Å². The third-order valence-corrected chi connectivity index (χ3v) is 5.44. The van der Waals surface area contributed by atoms with Gasteiger partial charge in [-0.1, -0.05) is 30.9 Å². The maximum atomic E-state index is 10.5. The number of aliphatic hydroxyl groups is 1. The first-order chi connectivity index (χ1) is 11.1. The molecule has 3 heteroatoms. The van der Waals surface area contributed by atoms with Crippen molar-refractivity contribution in [1.82, 2.24) is 9.88 Å². The maximum Gasteiger partial charge on any atom is 0.0843 e. The Labute approximate surface area is 139 Å². The lowest BCUT2D eigenvalue weighted by Crippen LogP contribution is -2.38. The standard InChI is InChI=1S/C20H30N2O/c1-14-9-10-20-19(11-14)15(2)16(3)22(20)13-18(23)12-21-17-7-5-4-6-8-17/h9-11,17-18,21,23H,4-8,12-13H2,1-3H3/t18-/m1/s1. The summed E-state index contributed by atoms with van der Waals surface area (Å²) in [6.07, 6.45) is 6.20. The topological polar surface area (TPSA) is 37.2 Å². The van der Waals surface area contributed by atoms with Gasteiger partial charge in [0.05, 0.1) is 12.6 Å². The number of nitrogens with zero attached hydrogens (tertiary/aromatic N) is 1. The van der Waals surface area contributed by atoms with Gasteiger partial charge in [-0.05, 0) is 51.3 Å². The molecule has 1 fully saturated rings. The van der Waals surface area contributed by atoms with Crippen molar-refractivity contribution in [3.63, 3.8) is 0 Å². The minimum Gasteiger partial charge on any atom is -0.390 e. The van der Waals surface area contributed by atoms with Gasteiger partial charge in [0, 0.05) is 29.2 Å². The molecule has 1 saturated carbocycles. The molecular formula is C20H30N2O. The van der Waals surface area contributed by atoms with Crippen LogP contribution in [0.3, 0.4) is 0 Å². The second kappa shape index (κ2) is 7.06. The molecule has 0 spiro atoms. The third kappa shape index (κ3) is 3.61. The molecule has 1 aliphatic carbocycles. The second-order valence-corrected chi connectivity index (χ2v) is 7.24. The summed E-state index contributed by atoms with van der Waals surface area (Å²) in [5, 5.41) is 15.4. The first kappa shape index (κ1) is 16.5. The Kier molecular flexibility index (Phi) is 5.08. The van der Waals surface area contributed by atoms with Crippen LogP contribution in [0.15, 0.2) is 18.2 Å². The molecule has 0 radical (unpaired) electrons. The Morgan fingerprint density at radius 2 is 1.91 bits per heavy atom. The summed E-state index contributed by atoms with van der Waals surface area (Å²) >= 11 is 0. The molecule has 1 atom stereocenters. The van der Waals surface area contributed by atoms with Crippen molar-refractivity contribution >= 4 is 10.9 Å². The first-order valence-corrected chi connectivity index (χ1v) is 9.03. The number of fused-ring (bicyclic) bond motifs is 1. The van der Waals surface area contributed by atoms with Crippen molar-refractivity contribution in [2.45, 2.75) is 71.6 Å². The highest BCUT2D eigenvalue weighted by molar-refractivity contribution is 5.85. The van der Waals surface area contributed by atoms with Crippen LogP contribution in [-0.4, -0.2) is 28.4 Å². The zero-order chi connectivity index (χ0) is 16.4. The molecular weight excluding hydrogens is 284 g/mol. The fourth-order valence-electron chi connectivity index (χ4n) is 3.88. The van der Waals surface area contributed by atoms with Gasteiger partial charge in [-0.15, -0.1) is 0 Å². The monoisotopic (exact) mass is 314 g/mol. The minimum absolute atomic E-state index is 0.341. The van der Waals surface area contributed by atoms with Crippen LogP contribution in [0, 0.1) is 20.8 Å². The van der Waals surface area contributed by atoms with Crippen LogP contribution in [-0.2, 0) is 6.54 Å². The average Bonchev–Trinajstić information content (AvgIpc) is 2.79. The van der Waals surface area contributed by atoms with Gasteiger partial charge in [0.1, 0.15) is 0 Å². The van der Waals surface area contributed by atoms with Gasteiger partial charge >= 0.3 is 0 Å². The average molecular weight is 314 g/mol. The van der Waals surface area contributed by atoms with Crippen LogP contribution < -0.4 is 5.32 Å². The number of hydrogen-bond donors (Lipinski definition) is 2. The van der Waals surface area contributed by atoms with Gasteiger partial charge in [-0.2, -0.15) is 0 Å². The Hall–Kier alpha value is -1.32. The van der Waals surface area contributed by atoms with Crippen LogP contribution in [0.5, 0.6) is 0 Å². The number of rotatable bonds is 5. The van der Waals surface area contributed by atoms with Gasteiger partial charge in [0.25, 0.3) is 0 Å². The van der Waals surface area contributed by atoms with Gasteiger partial charge in [0.15, 0.2) is 0 Å². The predicted molar refractivity (Wildman–Crippen MR) is 97.0 cm³/mol. The lowest BCUT2D eigenvalue weighted by Gasteiger charge is -2.24. The molecule has 3 nitrogen and oxygen atoms in total. The van der Waals surface area contributed by atoms with E-state index < -0.39 is 0 Å². The van der Waals surface area contributed by atoms with E-state index in [2.05, 4.69) is 48.9 Å². The zero-order valence-corrected chi connectivity index (χ0v) is 14.7. The predicted octanol–water partition coefficient (Wildman–Crippen LogP) is 3.85. The molecule has 126 valence electrons. The van der Waals surface area contributed by atoms with E-state index in [1.54, 1.807) is 0 Å². The van der Waals surface area contributed by atoms with Gasteiger partial charge in [-0.3, -0.25) is 0 Å². The fourth-order valence-corrected chi connectivity index (χ4v) is 3.88. The molecule has 2 aromatic rings. The molecule has 1 aliphatic rings. The summed E-state index contributed by atoms with van der Waals surface area (Å²) in [4.78, 5) is 0. The van der Waals surface area contributed by atoms with Crippen molar-refractivity contribution in [2.24, 2.45) is 0 Å². The zero-order valence-electron chi connectivity index (χ0n) is 14.7. The molecule has 0 amide bonds. The quantitative estimate of drug-likeness (QED) is 0.879. The van der Waals surface area contributed by atoms with Crippen molar-refractivity contribution in [3.05, 3.63) is 35.0 Å². The van der Waals surface area contributed by atoms with Crippen LogP contribution in [0.25, 0.3) is 10.9 Å². The highest BCUT2D eigenvalue weighted by Crippen LogP contribution is 2.26. The van der Waals surface area contributed by atoms with Crippen molar-refractivity contribution in [1.29, 1.82) is 0 Å². The van der Waals surface area contributed by atoms with E-state index >= 15 is 0 Å². The molecule has 0 unspecified atom stereocenters. The Bertz CT molecular complexity index is 668. The summed E-state index contributed by atoms with van der Waals surface area (Å²) in [7, 11) is 0. The number of benzene rings is 1. The highest BCUT2D eigenvalue weighted by Gasteiger charge is 2.17. The SMILES string of the molecule is Cc1ccc2c(c1)c(C)c(C)n2C[C@H](O)CNC1CCCCC1. The van der Waals surface area contributed by atoms with E-state index in [4.69, 9.17) is 0 Å². The molecule has 3 rings (SSSR count). The lowest BCUT2D eigenvalue weighted by molar-refractivity contribution is 0.145. The third-order valence-electron chi connectivity index (χ3n) is 5.44. The lowest BCUT2D eigenvalue weighted by atomic mass is 9.95. The van der Waals surface area contributed by atoms with Crippen LogP contribution in [0.1, 0.15) is 48.9 Å². The van der Waals surface area contributed by atoms with E-state index in [-0.39, 0.29) is 6.10 Å². The van der Waals surface area contributed by atoms with Crippen LogP contribution in [0.4, 0.5) is 0 Å². The Balaban J connectivity index is 1.69. The fraction of sp³-hybridized carbons (Fsp3) is 0.600. The molecule has 1 aromatic carbocycles. The number of aliphatic hydroxyl groups excluding tert-OH is 1. The summed E-state index contributed by atoms with van der Waals surface area (Å²) in [6.45, 7) is 7.83. The summed E-state index contributed by atoms with van der Waals surface area (Å²) < 4.78 is 2.28. The molecule has 1 heterocycles. The van der Waals surface area contributed by atoms with Gasteiger partial charge in [0.2, 0.25) is 0 Å². The number of aryl methyl sites for hydroxylation is 2. The summed E-state index contributed by atoms with van der Waals surface area (Å²) in [5.74, 6) is 0. The second-order valence-electron chi connectivity index (χ2n) is 7.24. The smallest absolute Gasteiger partial charge is 0.0843 e. The normalized spacial score (nSPS) is 17.7. The number of nitrogens with one attached hydrogen (secondary N) is 1.